The summed E-state index contributed by atoms with van der Waals surface area (Å²) in [6.45, 7) is 0. The normalized spacial score (nSPS) is 11.3. The van der Waals surface area contributed by atoms with Crippen LogP contribution in [0.2, 0.25) is 0 Å². The highest BCUT2D eigenvalue weighted by Crippen LogP contribution is 2.45. The first-order valence-corrected chi connectivity index (χ1v) is 22.7. The summed E-state index contributed by atoms with van der Waals surface area (Å²) in [7, 11) is 0. The topological polar surface area (TPSA) is 8.17 Å². The SMILES string of the molecule is c1ccc(-c2ccc(N(c3ccc(-c4ccc(-c5ccccc5-n5c6cccc(-c7ccccc7)c6c6c(-c7ccccc7)cccc65)cc4)cc3)c3cccc4ccccc34)cc2)cc1. The maximum absolute atomic E-state index is 2.47. The molecule has 0 atom stereocenters. The second-order valence-electron chi connectivity index (χ2n) is 16.9. The fourth-order valence-electron chi connectivity index (χ4n) is 9.91. The predicted octanol–water partition coefficient (Wildman–Crippen LogP) is 17.7. The van der Waals surface area contributed by atoms with Crippen LogP contribution in [0.25, 0.3) is 93.9 Å². The van der Waals surface area contributed by atoms with Crippen molar-refractivity contribution >= 4 is 49.6 Å². The molecule has 66 heavy (non-hydrogen) atoms. The third-order valence-electron chi connectivity index (χ3n) is 13.0. The zero-order valence-electron chi connectivity index (χ0n) is 36.3. The third kappa shape index (κ3) is 6.93. The number of benzene rings is 11. The van der Waals surface area contributed by atoms with Crippen LogP contribution in [0.3, 0.4) is 0 Å². The van der Waals surface area contributed by atoms with Gasteiger partial charge < -0.3 is 9.47 Å². The summed E-state index contributed by atoms with van der Waals surface area (Å²) in [5, 5.41) is 4.94. The molecule has 12 aromatic rings. The molecule has 11 aromatic carbocycles. The van der Waals surface area contributed by atoms with Gasteiger partial charge in [-0.2, -0.15) is 0 Å². The standard InChI is InChI=1S/C64H44N2/c1-4-17-45(18-5-1)47-37-41-53(42-38-47)65(59-30-14-24-49-23-10-11-25-55(49)59)54-43-39-48(40-44-54)46-33-35-52(36-34-46)56-26-12-13-29-60(56)66-61-31-15-27-57(50-19-6-2-7-20-50)63(61)64-58(28-16-32-62(64)66)51-21-8-3-9-22-51/h1-44H. The van der Waals surface area contributed by atoms with Crippen molar-refractivity contribution in [2.24, 2.45) is 0 Å². The Morgan fingerprint density at radius 2 is 0.636 bits per heavy atom. The summed E-state index contributed by atoms with van der Waals surface area (Å²) >= 11 is 0. The van der Waals surface area contributed by atoms with E-state index < -0.39 is 0 Å². The van der Waals surface area contributed by atoms with Crippen molar-refractivity contribution in [2.75, 3.05) is 4.90 Å². The van der Waals surface area contributed by atoms with Gasteiger partial charge in [0.15, 0.2) is 0 Å². The molecule has 12 rings (SSSR count). The molecule has 0 radical (unpaired) electrons. The van der Waals surface area contributed by atoms with Crippen LogP contribution in [0.4, 0.5) is 17.1 Å². The van der Waals surface area contributed by atoms with Gasteiger partial charge in [0.25, 0.3) is 0 Å². The van der Waals surface area contributed by atoms with Crippen molar-refractivity contribution in [1.29, 1.82) is 0 Å². The lowest BCUT2D eigenvalue weighted by atomic mass is 9.95. The van der Waals surface area contributed by atoms with Crippen molar-refractivity contribution in [3.63, 3.8) is 0 Å². The summed E-state index contributed by atoms with van der Waals surface area (Å²) in [5.74, 6) is 0. The summed E-state index contributed by atoms with van der Waals surface area (Å²) in [6.07, 6.45) is 0. The highest BCUT2D eigenvalue weighted by molar-refractivity contribution is 6.21. The summed E-state index contributed by atoms with van der Waals surface area (Å²) in [6, 6.07) is 96.7. The first kappa shape index (κ1) is 38.9. The Kier molecular flexibility index (Phi) is 9.89. The van der Waals surface area contributed by atoms with Crippen LogP contribution in [0.1, 0.15) is 0 Å². The molecule has 0 saturated heterocycles. The minimum atomic E-state index is 1.10. The fourth-order valence-corrected chi connectivity index (χ4v) is 9.91. The summed E-state index contributed by atoms with van der Waals surface area (Å²) in [5.41, 5.74) is 18.8. The molecule has 0 fully saturated rings. The number of rotatable bonds is 9. The van der Waals surface area contributed by atoms with E-state index in [1.165, 1.54) is 88.2 Å². The molecule has 0 saturated carbocycles. The van der Waals surface area contributed by atoms with Gasteiger partial charge in [0.05, 0.1) is 22.4 Å². The van der Waals surface area contributed by atoms with E-state index in [0.717, 1.165) is 22.7 Å². The van der Waals surface area contributed by atoms with Gasteiger partial charge >= 0.3 is 0 Å². The van der Waals surface area contributed by atoms with Crippen LogP contribution >= 0.6 is 0 Å². The molecule has 0 amide bonds. The maximum atomic E-state index is 2.47. The number of aromatic nitrogens is 1. The molecule has 0 aliphatic rings. The zero-order chi connectivity index (χ0) is 43.8. The quantitative estimate of drug-likeness (QED) is 0.141. The molecule has 2 nitrogen and oxygen atoms in total. The molecule has 0 bridgehead atoms. The zero-order valence-corrected chi connectivity index (χ0v) is 36.3. The number of anilines is 3. The largest absolute Gasteiger partial charge is 0.310 e. The molecule has 2 heteroatoms. The number of fused-ring (bicyclic) bond motifs is 4. The Bertz CT molecular complexity index is 3550. The van der Waals surface area contributed by atoms with E-state index in [1.54, 1.807) is 0 Å². The van der Waals surface area contributed by atoms with Gasteiger partial charge in [-0.25, -0.2) is 0 Å². The van der Waals surface area contributed by atoms with Crippen molar-refractivity contribution in [1.82, 2.24) is 4.57 Å². The Hall–Kier alpha value is -8.72. The van der Waals surface area contributed by atoms with Crippen molar-refractivity contribution in [3.8, 4) is 61.3 Å². The second kappa shape index (κ2) is 16.8. The summed E-state index contributed by atoms with van der Waals surface area (Å²) in [4.78, 5) is 2.38. The Labute approximate surface area is 385 Å². The number of para-hydroxylation sites is 1. The van der Waals surface area contributed by atoms with E-state index in [1.807, 2.05) is 0 Å². The first-order chi connectivity index (χ1) is 32.8. The maximum Gasteiger partial charge on any atom is 0.0547 e. The average Bonchev–Trinajstić information content (AvgIpc) is 3.75. The molecule has 310 valence electrons. The van der Waals surface area contributed by atoms with Gasteiger partial charge in [0.1, 0.15) is 0 Å². The van der Waals surface area contributed by atoms with Crippen molar-refractivity contribution in [2.45, 2.75) is 0 Å². The van der Waals surface area contributed by atoms with Gasteiger partial charge in [0.2, 0.25) is 0 Å². The molecule has 1 aromatic heterocycles. The van der Waals surface area contributed by atoms with Crippen molar-refractivity contribution < 1.29 is 0 Å². The number of nitrogens with zero attached hydrogens (tertiary/aromatic N) is 2. The van der Waals surface area contributed by atoms with E-state index in [-0.39, 0.29) is 0 Å². The van der Waals surface area contributed by atoms with Crippen LogP contribution in [-0.4, -0.2) is 4.57 Å². The van der Waals surface area contributed by atoms with Gasteiger partial charge in [-0.3, -0.25) is 0 Å². The van der Waals surface area contributed by atoms with Gasteiger partial charge in [0, 0.05) is 33.1 Å². The molecule has 0 unspecified atom stereocenters. The minimum Gasteiger partial charge on any atom is -0.310 e. The molecule has 0 aliphatic carbocycles. The molecule has 1 heterocycles. The lowest BCUT2D eigenvalue weighted by Crippen LogP contribution is -2.10. The second-order valence-corrected chi connectivity index (χ2v) is 16.9. The average molecular weight is 841 g/mol. The highest BCUT2D eigenvalue weighted by Gasteiger charge is 2.21. The summed E-state index contributed by atoms with van der Waals surface area (Å²) < 4.78 is 2.47. The lowest BCUT2D eigenvalue weighted by Gasteiger charge is -2.27. The lowest BCUT2D eigenvalue weighted by molar-refractivity contribution is 1.18. The van der Waals surface area contributed by atoms with E-state index >= 15 is 0 Å². The Balaban J connectivity index is 0.929. The molecular formula is C64H44N2. The molecule has 0 N–H and O–H groups in total. The molecule has 0 spiro atoms. The smallest absolute Gasteiger partial charge is 0.0547 e. The Morgan fingerprint density at radius 3 is 1.20 bits per heavy atom. The van der Waals surface area contributed by atoms with E-state index in [9.17, 15) is 0 Å². The number of hydrogen-bond donors (Lipinski definition) is 0. The van der Waals surface area contributed by atoms with E-state index in [0.29, 0.717) is 0 Å². The minimum absolute atomic E-state index is 1.10. The Morgan fingerprint density at radius 1 is 0.258 bits per heavy atom. The van der Waals surface area contributed by atoms with Gasteiger partial charge in [-0.1, -0.05) is 218 Å². The predicted molar refractivity (Wildman–Crippen MR) is 280 cm³/mol. The van der Waals surface area contributed by atoms with Crippen LogP contribution in [0, 0.1) is 0 Å². The molecular weight excluding hydrogens is 797 g/mol. The van der Waals surface area contributed by atoms with Crippen LogP contribution < -0.4 is 4.90 Å². The van der Waals surface area contributed by atoms with Gasteiger partial charge in [-0.15, -0.1) is 0 Å². The fraction of sp³-hybridized carbons (Fsp3) is 0. The van der Waals surface area contributed by atoms with E-state index in [4.69, 9.17) is 0 Å². The van der Waals surface area contributed by atoms with Crippen LogP contribution in [0.5, 0.6) is 0 Å². The van der Waals surface area contributed by atoms with Gasteiger partial charge in [-0.05, 0) is 104 Å². The number of hydrogen-bond acceptors (Lipinski definition) is 1. The van der Waals surface area contributed by atoms with E-state index in [2.05, 4.69) is 276 Å². The monoisotopic (exact) mass is 840 g/mol. The van der Waals surface area contributed by atoms with Crippen LogP contribution in [0.15, 0.2) is 267 Å². The van der Waals surface area contributed by atoms with Crippen molar-refractivity contribution in [3.05, 3.63) is 267 Å². The molecule has 0 aliphatic heterocycles. The third-order valence-corrected chi connectivity index (χ3v) is 13.0. The first-order valence-electron chi connectivity index (χ1n) is 22.7. The van der Waals surface area contributed by atoms with Crippen LogP contribution in [-0.2, 0) is 0 Å². The highest BCUT2D eigenvalue weighted by atomic mass is 15.1.